The second-order valence-electron chi connectivity index (χ2n) is 6.14. The van der Waals surface area contributed by atoms with Gasteiger partial charge in [0.2, 0.25) is 0 Å². The van der Waals surface area contributed by atoms with Gasteiger partial charge in [0.25, 0.3) is 0 Å². The van der Waals surface area contributed by atoms with Crippen LogP contribution in [0.5, 0.6) is 0 Å². The number of esters is 1. The molecule has 0 radical (unpaired) electrons. The van der Waals surface area contributed by atoms with Gasteiger partial charge in [-0.1, -0.05) is 37.7 Å². The highest BCUT2D eigenvalue weighted by molar-refractivity contribution is 7.98. The summed E-state index contributed by atoms with van der Waals surface area (Å²) in [7, 11) is 1.38. The Morgan fingerprint density at radius 1 is 1.23 bits per heavy atom. The summed E-state index contributed by atoms with van der Waals surface area (Å²) in [6.07, 6.45) is 1.67. The molecule has 0 unspecified atom stereocenters. The van der Waals surface area contributed by atoms with Crippen LogP contribution < -0.4 is 0 Å². The predicted molar refractivity (Wildman–Crippen MR) is 99.3 cm³/mol. The first-order chi connectivity index (χ1) is 12.6. The first-order valence-corrected chi connectivity index (χ1v) is 9.32. The van der Waals surface area contributed by atoms with Crippen molar-refractivity contribution in [2.45, 2.75) is 37.2 Å². The molecular formula is C19H21N3O3S. The fourth-order valence-corrected chi connectivity index (χ4v) is 3.44. The third-order valence-electron chi connectivity index (χ3n) is 3.90. The van der Waals surface area contributed by atoms with Crippen molar-refractivity contribution in [1.29, 1.82) is 0 Å². The Balaban J connectivity index is 1.74. The van der Waals surface area contributed by atoms with Crippen LogP contribution in [0.3, 0.4) is 0 Å². The smallest absolute Gasteiger partial charge is 0.337 e. The molecule has 3 rings (SSSR count). The van der Waals surface area contributed by atoms with Crippen LogP contribution in [-0.2, 0) is 17.0 Å². The maximum absolute atomic E-state index is 11.5. The van der Waals surface area contributed by atoms with E-state index in [1.165, 1.54) is 7.11 Å². The summed E-state index contributed by atoms with van der Waals surface area (Å²) in [5, 5.41) is 9.55. The van der Waals surface area contributed by atoms with E-state index < -0.39 is 0 Å². The average molecular weight is 371 g/mol. The normalized spacial score (nSPS) is 11.1. The van der Waals surface area contributed by atoms with Crippen molar-refractivity contribution in [3.8, 4) is 0 Å². The lowest BCUT2D eigenvalue weighted by atomic mass is 10.1. The van der Waals surface area contributed by atoms with Gasteiger partial charge in [0.1, 0.15) is 11.6 Å². The molecular weight excluding hydrogens is 350 g/mol. The van der Waals surface area contributed by atoms with Crippen LogP contribution in [-0.4, -0.2) is 27.8 Å². The van der Waals surface area contributed by atoms with Crippen LogP contribution in [0.25, 0.3) is 0 Å². The molecule has 6 nitrogen and oxygen atoms in total. The molecule has 0 aliphatic carbocycles. The quantitative estimate of drug-likeness (QED) is 0.460. The van der Waals surface area contributed by atoms with Gasteiger partial charge in [0.05, 0.1) is 25.5 Å². The summed E-state index contributed by atoms with van der Waals surface area (Å²) < 4.78 is 12.3. The van der Waals surface area contributed by atoms with Crippen molar-refractivity contribution in [2.75, 3.05) is 7.11 Å². The number of hydrogen-bond acceptors (Lipinski definition) is 6. The van der Waals surface area contributed by atoms with Gasteiger partial charge < -0.3 is 9.15 Å². The molecule has 0 aliphatic rings. The monoisotopic (exact) mass is 371 g/mol. The Morgan fingerprint density at radius 3 is 2.62 bits per heavy atom. The van der Waals surface area contributed by atoms with E-state index in [4.69, 9.17) is 9.15 Å². The SMILES string of the molecule is COC(=O)c1ccc(CSc2nnc(C(C)C)n2Cc2ccco2)cc1. The van der Waals surface area contributed by atoms with E-state index in [9.17, 15) is 4.79 Å². The van der Waals surface area contributed by atoms with Crippen LogP contribution in [0.1, 0.15) is 47.3 Å². The molecule has 136 valence electrons. The lowest BCUT2D eigenvalue weighted by molar-refractivity contribution is 0.0600. The Labute approximate surface area is 156 Å². The van der Waals surface area contributed by atoms with Crippen molar-refractivity contribution < 1.29 is 13.9 Å². The number of hydrogen-bond donors (Lipinski definition) is 0. The van der Waals surface area contributed by atoms with Crippen LogP contribution in [0.2, 0.25) is 0 Å². The summed E-state index contributed by atoms with van der Waals surface area (Å²) in [4.78, 5) is 11.5. The Kier molecular flexibility index (Phi) is 5.78. The Hall–Kier alpha value is -2.54. The van der Waals surface area contributed by atoms with Gasteiger partial charge in [-0.15, -0.1) is 10.2 Å². The standard InChI is InChI=1S/C19H21N3O3S/c1-13(2)17-20-21-19(22(17)11-16-5-4-10-25-16)26-12-14-6-8-15(9-7-14)18(23)24-3/h4-10,13H,11-12H2,1-3H3. The van der Waals surface area contributed by atoms with Crippen LogP contribution in [0.15, 0.2) is 52.2 Å². The molecule has 7 heteroatoms. The number of carbonyl (C=O) groups is 1. The summed E-state index contributed by atoms with van der Waals surface area (Å²) in [5.41, 5.74) is 1.64. The minimum absolute atomic E-state index is 0.270. The Morgan fingerprint density at radius 2 is 2.00 bits per heavy atom. The van der Waals surface area contributed by atoms with E-state index in [1.807, 2.05) is 24.3 Å². The molecule has 0 atom stereocenters. The number of carbonyl (C=O) groups excluding carboxylic acids is 1. The number of rotatable bonds is 7. The van der Waals surface area contributed by atoms with Crippen molar-refractivity contribution in [2.24, 2.45) is 0 Å². The zero-order valence-corrected chi connectivity index (χ0v) is 15.8. The van der Waals surface area contributed by atoms with E-state index in [0.717, 1.165) is 28.1 Å². The van der Waals surface area contributed by atoms with Gasteiger partial charge in [0.15, 0.2) is 5.16 Å². The van der Waals surface area contributed by atoms with Crippen molar-refractivity contribution in [3.05, 3.63) is 65.4 Å². The minimum atomic E-state index is -0.330. The fourth-order valence-electron chi connectivity index (χ4n) is 2.54. The third kappa shape index (κ3) is 4.16. The van der Waals surface area contributed by atoms with E-state index in [1.54, 1.807) is 30.2 Å². The van der Waals surface area contributed by atoms with Crippen molar-refractivity contribution >= 4 is 17.7 Å². The zero-order chi connectivity index (χ0) is 18.5. The zero-order valence-electron chi connectivity index (χ0n) is 15.0. The maximum atomic E-state index is 11.5. The van der Waals surface area contributed by atoms with E-state index in [2.05, 4.69) is 28.6 Å². The first-order valence-electron chi connectivity index (χ1n) is 8.34. The molecule has 0 fully saturated rings. The van der Waals surface area contributed by atoms with E-state index in [-0.39, 0.29) is 11.9 Å². The number of nitrogens with zero attached hydrogens (tertiary/aromatic N) is 3. The molecule has 0 aliphatic heterocycles. The van der Waals surface area contributed by atoms with Crippen LogP contribution in [0.4, 0.5) is 0 Å². The molecule has 0 amide bonds. The van der Waals surface area contributed by atoms with Gasteiger partial charge in [-0.05, 0) is 29.8 Å². The maximum Gasteiger partial charge on any atom is 0.337 e. The van der Waals surface area contributed by atoms with Gasteiger partial charge >= 0.3 is 5.97 Å². The van der Waals surface area contributed by atoms with Crippen LogP contribution in [0, 0.1) is 0 Å². The second kappa shape index (κ2) is 8.23. The molecule has 3 aromatic rings. The molecule has 0 spiro atoms. The molecule has 0 saturated carbocycles. The van der Waals surface area contributed by atoms with E-state index in [0.29, 0.717) is 12.1 Å². The summed E-state index contributed by atoms with van der Waals surface area (Å²) in [5.74, 6) is 2.48. The number of furan rings is 1. The lowest BCUT2D eigenvalue weighted by Crippen LogP contribution is -2.07. The molecule has 0 saturated heterocycles. The van der Waals surface area contributed by atoms with Crippen molar-refractivity contribution in [1.82, 2.24) is 14.8 Å². The highest BCUT2D eigenvalue weighted by Crippen LogP contribution is 2.26. The molecule has 0 N–H and O–H groups in total. The number of aromatic nitrogens is 3. The average Bonchev–Trinajstić information content (AvgIpc) is 3.30. The fraction of sp³-hybridized carbons (Fsp3) is 0.316. The number of benzene rings is 1. The Bertz CT molecular complexity index is 855. The molecule has 0 bridgehead atoms. The second-order valence-corrected chi connectivity index (χ2v) is 7.08. The minimum Gasteiger partial charge on any atom is -0.467 e. The highest BCUT2D eigenvalue weighted by Gasteiger charge is 2.16. The van der Waals surface area contributed by atoms with Gasteiger partial charge in [-0.2, -0.15) is 0 Å². The third-order valence-corrected chi connectivity index (χ3v) is 4.94. The summed E-state index contributed by atoms with van der Waals surface area (Å²) >= 11 is 1.61. The first kappa shape index (κ1) is 18.3. The van der Waals surface area contributed by atoms with Gasteiger partial charge in [-0.3, -0.25) is 4.57 Å². The summed E-state index contributed by atoms with van der Waals surface area (Å²) in [6.45, 7) is 4.81. The topological polar surface area (TPSA) is 70.2 Å². The predicted octanol–water partition coefficient (Wildman–Crippen LogP) is 4.12. The van der Waals surface area contributed by atoms with Crippen LogP contribution >= 0.6 is 11.8 Å². The number of ether oxygens (including phenoxy) is 1. The van der Waals surface area contributed by atoms with Crippen molar-refractivity contribution in [3.63, 3.8) is 0 Å². The summed E-state index contributed by atoms with van der Waals surface area (Å²) in [6, 6.07) is 11.2. The largest absolute Gasteiger partial charge is 0.467 e. The number of methoxy groups -OCH3 is 1. The highest BCUT2D eigenvalue weighted by atomic mass is 32.2. The van der Waals surface area contributed by atoms with Gasteiger partial charge in [0, 0.05) is 11.7 Å². The molecule has 26 heavy (non-hydrogen) atoms. The van der Waals surface area contributed by atoms with E-state index >= 15 is 0 Å². The lowest BCUT2D eigenvalue weighted by Gasteiger charge is -2.10. The molecule has 2 heterocycles. The number of thioether (sulfide) groups is 1. The molecule has 1 aromatic carbocycles. The van der Waals surface area contributed by atoms with Gasteiger partial charge in [-0.25, -0.2) is 4.79 Å². The molecule has 2 aromatic heterocycles.